The number of urea groups is 1. The molecule has 2 aromatic rings. The molecule has 27 heavy (non-hydrogen) atoms. The number of anilines is 1. The Bertz CT molecular complexity index is 783. The zero-order valence-corrected chi connectivity index (χ0v) is 15.1. The zero-order valence-electron chi connectivity index (χ0n) is 15.1. The van der Waals surface area contributed by atoms with E-state index in [9.17, 15) is 14.4 Å². The smallest absolute Gasteiger partial charge is 0.273 e. The van der Waals surface area contributed by atoms with Gasteiger partial charge in [0.2, 0.25) is 5.91 Å². The highest BCUT2D eigenvalue weighted by Crippen LogP contribution is 2.34. The topological polar surface area (TPSA) is 57.7 Å². The predicted octanol–water partition coefficient (Wildman–Crippen LogP) is 4.10. The van der Waals surface area contributed by atoms with Crippen LogP contribution in [0.25, 0.3) is 0 Å². The summed E-state index contributed by atoms with van der Waals surface area (Å²) in [7, 11) is 0. The quantitative estimate of drug-likeness (QED) is 0.773. The van der Waals surface area contributed by atoms with Gasteiger partial charge in [0.05, 0.1) is 5.69 Å². The normalized spacial score (nSPS) is 21.6. The number of nitrogens with zero attached hydrogens (tertiary/aromatic N) is 2. The molecule has 2 aromatic carbocycles. The van der Waals surface area contributed by atoms with Crippen LogP contribution in [0.15, 0.2) is 60.7 Å². The van der Waals surface area contributed by atoms with Gasteiger partial charge in [-0.3, -0.25) is 14.5 Å². The summed E-state index contributed by atoms with van der Waals surface area (Å²) in [6.45, 7) is 0. The van der Waals surface area contributed by atoms with Crippen LogP contribution < -0.4 is 4.90 Å². The van der Waals surface area contributed by atoms with Gasteiger partial charge in [-0.25, -0.2) is 9.69 Å². The van der Waals surface area contributed by atoms with E-state index in [1.54, 1.807) is 36.4 Å². The van der Waals surface area contributed by atoms with Gasteiger partial charge in [0.15, 0.2) is 0 Å². The lowest BCUT2D eigenvalue weighted by Gasteiger charge is -2.41. The second-order valence-electron chi connectivity index (χ2n) is 7.14. The van der Waals surface area contributed by atoms with Crippen molar-refractivity contribution in [3.63, 3.8) is 0 Å². The highest BCUT2D eigenvalue weighted by Gasteiger charge is 2.49. The van der Waals surface area contributed by atoms with E-state index < -0.39 is 23.8 Å². The van der Waals surface area contributed by atoms with Gasteiger partial charge < -0.3 is 0 Å². The number of hydrogen-bond acceptors (Lipinski definition) is 3. The molecule has 138 valence electrons. The first-order valence-electron chi connectivity index (χ1n) is 9.49. The molecule has 0 aromatic heterocycles. The molecule has 0 spiro atoms. The number of imide groups is 2. The maximum absolute atomic E-state index is 13.3. The summed E-state index contributed by atoms with van der Waals surface area (Å²) >= 11 is 0. The standard InChI is InChI=1S/C22H22N2O3/c25-20-19(16-10-4-1-5-11-16)21(26)24(18-14-8-3-9-15-18)22(27)23(20)17-12-6-2-7-13-17/h1-2,4-7,10-13,18-19H,3,8-9,14-15H2. The van der Waals surface area contributed by atoms with Crippen LogP contribution >= 0.6 is 0 Å². The van der Waals surface area contributed by atoms with Crippen molar-refractivity contribution in [2.45, 2.75) is 44.1 Å². The Hall–Kier alpha value is -2.95. The minimum absolute atomic E-state index is 0.135. The molecule has 0 radical (unpaired) electrons. The van der Waals surface area contributed by atoms with Gasteiger partial charge >= 0.3 is 6.03 Å². The highest BCUT2D eigenvalue weighted by atomic mass is 16.2. The molecule has 1 heterocycles. The molecule has 1 atom stereocenters. The van der Waals surface area contributed by atoms with Gasteiger partial charge in [-0.05, 0) is 30.5 Å². The number of barbiturate groups is 1. The average molecular weight is 362 g/mol. The summed E-state index contributed by atoms with van der Waals surface area (Å²) in [6, 6.07) is 17.2. The van der Waals surface area contributed by atoms with Gasteiger partial charge in [0.25, 0.3) is 5.91 Å². The highest BCUT2D eigenvalue weighted by molar-refractivity contribution is 6.30. The van der Waals surface area contributed by atoms with Crippen molar-refractivity contribution >= 4 is 23.5 Å². The van der Waals surface area contributed by atoms with E-state index in [4.69, 9.17) is 0 Å². The molecule has 1 saturated carbocycles. The van der Waals surface area contributed by atoms with Gasteiger partial charge in [-0.2, -0.15) is 0 Å². The molecule has 4 amide bonds. The number of rotatable bonds is 3. The van der Waals surface area contributed by atoms with Crippen LogP contribution in [0.2, 0.25) is 0 Å². The van der Waals surface area contributed by atoms with Crippen LogP contribution in [0.3, 0.4) is 0 Å². The summed E-state index contributed by atoms with van der Waals surface area (Å²) in [5.41, 5.74) is 1.13. The summed E-state index contributed by atoms with van der Waals surface area (Å²) in [4.78, 5) is 42.3. The molecule has 1 unspecified atom stereocenters. The molecule has 1 aliphatic carbocycles. The van der Waals surface area contributed by atoms with Crippen molar-refractivity contribution in [1.29, 1.82) is 0 Å². The Kier molecular flexibility index (Phi) is 4.75. The molecular weight excluding hydrogens is 340 g/mol. The van der Waals surface area contributed by atoms with E-state index in [1.807, 2.05) is 24.3 Å². The minimum Gasteiger partial charge on any atom is -0.273 e. The van der Waals surface area contributed by atoms with E-state index in [0.29, 0.717) is 11.3 Å². The molecule has 1 saturated heterocycles. The van der Waals surface area contributed by atoms with Gasteiger partial charge in [-0.1, -0.05) is 67.8 Å². The molecular formula is C22H22N2O3. The fraction of sp³-hybridized carbons (Fsp3) is 0.318. The second kappa shape index (κ2) is 7.35. The van der Waals surface area contributed by atoms with Crippen LogP contribution in [0.5, 0.6) is 0 Å². The Morgan fingerprint density at radius 2 is 1.30 bits per heavy atom. The van der Waals surface area contributed by atoms with Crippen LogP contribution in [0, 0.1) is 0 Å². The van der Waals surface area contributed by atoms with Crippen molar-refractivity contribution in [3.8, 4) is 0 Å². The van der Waals surface area contributed by atoms with Gasteiger partial charge in [-0.15, -0.1) is 0 Å². The Labute approximate surface area is 158 Å². The Morgan fingerprint density at radius 3 is 1.93 bits per heavy atom. The molecule has 2 aliphatic rings. The summed E-state index contributed by atoms with van der Waals surface area (Å²) < 4.78 is 0. The number of amides is 4. The third-order valence-electron chi connectivity index (χ3n) is 5.44. The number of benzene rings is 2. The van der Waals surface area contributed by atoms with E-state index >= 15 is 0 Å². The Morgan fingerprint density at radius 1 is 0.704 bits per heavy atom. The predicted molar refractivity (Wildman–Crippen MR) is 102 cm³/mol. The Balaban J connectivity index is 1.79. The third-order valence-corrected chi connectivity index (χ3v) is 5.44. The lowest BCUT2D eigenvalue weighted by Crippen LogP contribution is -2.62. The molecule has 5 heteroatoms. The summed E-state index contributed by atoms with van der Waals surface area (Å²) in [5.74, 6) is -1.85. The SMILES string of the molecule is O=C1C(c2ccccc2)C(=O)N(C2CCCCC2)C(=O)N1c1ccccc1. The van der Waals surface area contributed by atoms with Crippen LogP contribution in [0.1, 0.15) is 43.6 Å². The first kappa shape index (κ1) is 17.5. The number of carbonyl (C=O) groups is 3. The van der Waals surface area contributed by atoms with E-state index in [1.165, 1.54) is 9.80 Å². The molecule has 2 fully saturated rings. The maximum atomic E-state index is 13.3. The second-order valence-corrected chi connectivity index (χ2v) is 7.14. The van der Waals surface area contributed by atoms with E-state index in [0.717, 1.165) is 32.1 Å². The van der Waals surface area contributed by atoms with Crippen molar-refractivity contribution in [2.75, 3.05) is 4.90 Å². The largest absolute Gasteiger partial charge is 0.338 e. The van der Waals surface area contributed by atoms with Crippen molar-refractivity contribution < 1.29 is 14.4 Å². The van der Waals surface area contributed by atoms with Crippen molar-refractivity contribution in [1.82, 2.24) is 4.90 Å². The van der Waals surface area contributed by atoms with E-state index in [-0.39, 0.29) is 6.04 Å². The third kappa shape index (κ3) is 3.14. The molecule has 0 N–H and O–H groups in total. The molecule has 0 bridgehead atoms. The monoisotopic (exact) mass is 362 g/mol. The number of carbonyl (C=O) groups excluding carboxylic acids is 3. The fourth-order valence-electron chi connectivity index (χ4n) is 4.09. The lowest BCUT2D eigenvalue weighted by atomic mass is 9.89. The van der Waals surface area contributed by atoms with Crippen molar-refractivity contribution in [2.24, 2.45) is 0 Å². The van der Waals surface area contributed by atoms with Crippen LogP contribution in [0.4, 0.5) is 10.5 Å². The summed E-state index contributed by atoms with van der Waals surface area (Å²) in [6.07, 6.45) is 4.72. The lowest BCUT2D eigenvalue weighted by molar-refractivity contribution is -0.139. The van der Waals surface area contributed by atoms with E-state index in [2.05, 4.69) is 0 Å². The summed E-state index contributed by atoms with van der Waals surface area (Å²) in [5, 5.41) is 0. The minimum atomic E-state index is -0.981. The first-order chi connectivity index (χ1) is 13.2. The first-order valence-corrected chi connectivity index (χ1v) is 9.49. The number of para-hydroxylation sites is 1. The average Bonchev–Trinajstić information content (AvgIpc) is 2.70. The molecule has 5 nitrogen and oxygen atoms in total. The fourth-order valence-corrected chi connectivity index (χ4v) is 4.09. The van der Waals surface area contributed by atoms with Gasteiger partial charge in [0.1, 0.15) is 5.92 Å². The van der Waals surface area contributed by atoms with Gasteiger partial charge in [0, 0.05) is 6.04 Å². The molecule has 1 aliphatic heterocycles. The molecule has 4 rings (SSSR count). The van der Waals surface area contributed by atoms with Crippen LogP contribution in [-0.4, -0.2) is 28.8 Å². The maximum Gasteiger partial charge on any atom is 0.338 e. The van der Waals surface area contributed by atoms with Crippen molar-refractivity contribution in [3.05, 3.63) is 66.2 Å². The van der Waals surface area contributed by atoms with Crippen LogP contribution in [-0.2, 0) is 9.59 Å². The zero-order chi connectivity index (χ0) is 18.8. The number of hydrogen-bond donors (Lipinski definition) is 0.